The molecule has 0 N–H and O–H groups in total. The molecule has 1 aliphatic heterocycles. The minimum atomic E-state index is -2.29. The SMILES string of the molecule is [2H]C1([2H])c2ncccc2C(=O)N1Cc1c(F)cc(-c2ccc(OC3CCC3)c3nn(C)cc23)cc1F. The molecule has 6 nitrogen and oxygen atoms in total. The molecular weight excluding hydrogens is 438 g/mol. The minimum absolute atomic E-state index is 0.0596. The highest BCUT2D eigenvalue weighted by Crippen LogP contribution is 2.37. The van der Waals surface area contributed by atoms with Crippen LogP contribution >= 0.6 is 0 Å². The summed E-state index contributed by atoms with van der Waals surface area (Å²) in [7, 11) is 1.77. The van der Waals surface area contributed by atoms with Gasteiger partial charge in [-0.05, 0) is 66.8 Å². The highest BCUT2D eigenvalue weighted by atomic mass is 19.1. The van der Waals surface area contributed by atoms with Gasteiger partial charge in [-0.2, -0.15) is 5.10 Å². The van der Waals surface area contributed by atoms with Crippen molar-refractivity contribution in [2.75, 3.05) is 0 Å². The van der Waals surface area contributed by atoms with Crippen molar-refractivity contribution in [1.82, 2.24) is 19.7 Å². The number of halogens is 2. The zero-order valence-electron chi connectivity index (χ0n) is 20.4. The average Bonchev–Trinajstić information content (AvgIpc) is 3.29. The Morgan fingerprint density at radius 1 is 1.18 bits per heavy atom. The third-order valence-corrected chi connectivity index (χ3v) is 6.39. The van der Waals surface area contributed by atoms with Crippen LogP contribution in [-0.4, -0.2) is 31.7 Å². The van der Waals surface area contributed by atoms with Crippen molar-refractivity contribution < 1.29 is 21.1 Å². The van der Waals surface area contributed by atoms with Crippen LogP contribution in [0.3, 0.4) is 0 Å². The standard InChI is InChI=1S/C26H22F2N4O2/c1-31-12-19-17(7-8-24(25(19)30-31)34-16-4-2-5-16)15-10-21(27)20(22(28)11-15)13-32-14-23-18(26(32)33)6-3-9-29-23/h3,6-12,16H,2,4-5,13-14H2,1H3/i14D2. The zero-order valence-corrected chi connectivity index (χ0v) is 18.4. The van der Waals surface area contributed by atoms with E-state index in [1.54, 1.807) is 30.1 Å². The molecule has 0 bridgehead atoms. The fourth-order valence-corrected chi connectivity index (χ4v) is 4.38. The van der Waals surface area contributed by atoms with Crippen molar-refractivity contribution in [3.63, 3.8) is 0 Å². The molecule has 1 amide bonds. The number of hydrogen-bond donors (Lipinski definition) is 0. The highest BCUT2D eigenvalue weighted by Gasteiger charge is 2.30. The van der Waals surface area contributed by atoms with Crippen molar-refractivity contribution in [2.45, 2.75) is 38.4 Å². The molecule has 0 spiro atoms. The average molecular weight is 462 g/mol. The van der Waals surface area contributed by atoms with Gasteiger partial charge in [-0.1, -0.05) is 0 Å². The normalized spacial score (nSPS) is 18.0. The predicted octanol–water partition coefficient (Wildman–Crippen LogP) is 5.00. The number of rotatable bonds is 5. The Labute approximate surface area is 197 Å². The Morgan fingerprint density at radius 3 is 2.68 bits per heavy atom. The van der Waals surface area contributed by atoms with Crippen LogP contribution in [0.25, 0.3) is 22.0 Å². The first-order chi connectivity index (χ1) is 17.2. The first kappa shape index (κ1) is 18.6. The lowest BCUT2D eigenvalue weighted by Crippen LogP contribution is -2.24. The largest absolute Gasteiger partial charge is 0.488 e. The Bertz CT molecular complexity index is 1510. The van der Waals surface area contributed by atoms with E-state index in [-0.39, 0.29) is 17.4 Å². The lowest BCUT2D eigenvalue weighted by Gasteiger charge is -2.26. The summed E-state index contributed by atoms with van der Waals surface area (Å²) in [5, 5.41) is 5.20. The fraction of sp³-hybridized carbons (Fsp3) is 0.269. The first-order valence-corrected chi connectivity index (χ1v) is 11.1. The summed E-state index contributed by atoms with van der Waals surface area (Å²) < 4.78 is 55.0. The van der Waals surface area contributed by atoms with Crippen molar-refractivity contribution in [3.05, 3.63) is 77.2 Å². The van der Waals surface area contributed by atoms with Crippen LogP contribution in [0, 0.1) is 11.6 Å². The monoisotopic (exact) mass is 462 g/mol. The summed E-state index contributed by atoms with van der Waals surface area (Å²) in [6.07, 6.45) is 6.44. The van der Waals surface area contributed by atoms with Crippen LogP contribution in [0.4, 0.5) is 8.78 Å². The van der Waals surface area contributed by atoms with Crippen molar-refractivity contribution >= 4 is 16.8 Å². The van der Waals surface area contributed by atoms with Gasteiger partial charge in [0.25, 0.3) is 5.91 Å². The molecule has 172 valence electrons. The van der Waals surface area contributed by atoms with E-state index < -0.39 is 36.1 Å². The van der Waals surface area contributed by atoms with E-state index in [1.165, 1.54) is 30.5 Å². The van der Waals surface area contributed by atoms with Gasteiger partial charge in [-0.3, -0.25) is 14.5 Å². The molecule has 2 aliphatic rings. The molecule has 0 atom stereocenters. The molecule has 8 heteroatoms. The molecule has 0 saturated heterocycles. The Hall–Kier alpha value is -3.81. The number of carbonyl (C=O) groups is 1. The van der Waals surface area contributed by atoms with Gasteiger partial charge in [-0.15, -0.1) is 0 Å². The van der Waals surface area contributed by atoms with Gasteiger partial charge < -0.3 is 9.64 Å². The molecule has 3 heterocycles. The lowest BCUT2D eigenvalue weighted by molar-refractivity contribution is 0.0763. The van der Waals surface area contributed by atoms with Gasteiger partial charge in [0.1, 0.15) is 22.9 Å². The van der Waals surface area contributed by atoms with Crippen LogP contribution in [0.1, 0.15) is 43.6 Å². The van der Waals surface area contributed by atoms with E-state index >= 15 is 8.78 Å². The van der Waals surface area contributed by atoms with Gasteiger partial charge in [0, 0.05) is 30.4 Å². The number of aromatic nitrogens is 3. The second kappa shape index (κ2) is 7.90. The summed E-state index contributed by atoms with van der Waals surface area (Å²) >= 11 is 0. The van der Waals surface area contributed by atoms with Crippen LogP contribution in [0.15, 0.2) is 48.8 Å². The van der Waals surface area contributed by atoms with Gasteiger partial charge in [0.2, 0.25) is 0 Å². The van der Waals surface area contributed by atoms with E-state index in [1.807, 2.05) is 0 Å². The molecule has 34 heavy (non-hydrogen) atoms. The lowest BCUT2D eigenvalue weighted by atomic mass is 9.96. The van der Waals surface area contributed by atoms with Crippen LogP contribution in [-0.2, 0) is 20.1 Å². The van der Waals surface area contributed by atoms with E-state index in [0.717, 1.165) is 24.2 Å². The number of nitrogens with zero attached hydrogens (tertiary/aromatic N) is 4. The van der Waals surface area contributed by atoms with Crippen LogP contribution in [0.2, 0.25) is 0 Å². The maximum absolute atomic E-state index is 15.3. The minimum Gasteiger partial charge on any atom is -0.488 e. The number of pyridine rings is 1. The van der Waals surface area contributed by atoms with Gasteiger partial charge in [0.05, 0.1) is 33.1 Å². The van der Waals surface area contributed by atoms with E-state index in [0.29, 0.717) is 27.8 Å². The topological polar surface area (TPSA) is 60.3 Å². The number of carbonyl (C=O) groups excluding carboxylic acids is 1. The molecule has 1 fully saturated rings. The first-order valence-electron chi connectivity index (χ1n) is 12.1. The summed E-state index contributed by atoms with van der Waals surface area (Å²) in [5.74, 6) is -1.77. The van der Waals surface area contributed by atoms with Crippen molar-refractivity contribution in [3.8, 4) is 16.9 Å². The van der Waals surface area contributed by atoms with Crippen molar-refractivity contribution in [2.24, 2.45) is 7.05 Å². The summed E-state index contributed by atoms with van der Waals surface area (Å²) in [5.41, 5.74) is 1.15. The van der Waals surface area contributed by atoms with E-state index in [9.17, 15) is 4.79 Å². The third-order valence-electron chi connectivity index (χ3n) is 6.39. The molecule has 1 saturated carbocycles. The third kappa shape index (κ3) is 3.41. The molecule has 0 unspecified atom stereocenters. The van der Waals surface area contributed by atoms with Gasteiger partial charge in [-0.25, -0.2) is 8.78 Å². The molecule has 2 aromatic heterocycles. The summed E-state index contributed by atoms with van der Waals surface area (Å²) in [6, 6.07) is 8.91. The molecule has 6 rings (SSSR count). The zero-order chi connectivity index (χ0) is 25.2. The molecule has 4 aromatic rings. The number of amides is 1. The second-order valence-corrected chi connectivity index (χ2v) is 8.67. The summed E-state index contributed by atoms with van der Waals surface area (Å²) in [4.78, 5) is 17.6. The van der Waals surface area contributed by atoms with Gasteiger partial charge in [0.15, 0.2) is 0 Å². The number of hydrogen-bond acceptors (Lipinski definition) is 4. The van der Waals surface area contributed by atoms with E-state index in [4.69, 9.17) is 7.48 Å². The fourth-order valence-electron chi connectivity index (χ4n) is 4.38. The van der Waals surface area contributed by atoms with Gasteiger partial charge >= 0.3 is 0 Å². The Morgan fingerprint density at radius 2 is 1.97 bits per heavy atom. The molecular formula is C26H22F2N4O2. The molecule has 1 aliphatic carbocycles. The number of fused-ring (bicyclic) bond motifs is 2. The maximum Gasteiger partial charge on any atom is 0.256 e. The summed E-state index contributed by atoms with van der Waals surface area (Å²) in [6.45, 7) is -2.86. The number of aryl methyl sites for hydroxylation is 1. The number of ether oxygens (including phenoxy) is 1. The second-order valence-electron chi connectivity index (χ2n) is 8.67. The quantitative estimate of drug-likeness (QED) is 0.419. The Balaban J connectivity index is 1.36. The van der Waals surface area contributed by atoms with Crippen molar-refractivity contribution in [1.29, 1.82) is 0 Å². The molecule has 2 aromatic carbocycles. The highest BCUT2D eigenvalue weighted by molar-refractivity contribution is 5.98. The van der Waals surface area contributed by atoms with Crippen LogP contribution < -0.4 is 4.74 Å². The smallest absolute Gasteiger partial charge is 0.256 e. The maximum atomic E-state index is 15.3. The van der Waals surface area contributed by atoms with Crippen LogP contribution in [0.5, 0.6) is 5.75 Å². The molecule has 0 radical (unpaired) electrons. The number of benzene rings is 2. The predicted molar refractivity (Wildman–Crippen MR) is 122 cm³/mol. The van der Waals surface area contributed by atoms with E-state index in [2.05, 4.69) is 10.1 Å². The Kier molecular flexibility index (Phi) is 4.32.